The second-order valence-electron chi connectivity index (χ2n) is 7.45. The molecule has 4 heterocycles. The average Bonchev–Trinajstić information content (AvgIpc) is 3.23. The molecule has 0 saturated carbocycles. The van der Waals surface area contributed by atoms with Gasteiger partial charge in [-0.15, -0.1) is 15.3 Å². The van der Waals surface area contributed by atoms with Gasteiger partial charge in [0.2, 0.25) is 0 Å². The first-order chi connectivity index (χ1) is 11.4. The molecule has 4 rings (SSSR count). The topological polar surface area (TPSA) is 72.4 Å². The second-order valence-corrected chi connectivity index (χ2v) is 7.45. The number of fused-ring (bicyclic) bond motifs is 1. The molecule has 24 heavy (non-hydrogen) atoms. The van der Waals surface area contributed by atoms with Crippen molar-refractivity contribution in [3.8, 4) is 0 Å². The number of anilines is 1. The van der Waals surface area contributed by atoms with Crippen molar-refractivity contribution in [3.63, 3.8) is 0 Å². The minimum atomic E-state index is -0.112. The van der Waals surface area contributed by atoms with E-state index in [2.05, 4.69) is 41.0 Å². The van der Waals surface area contributed by atoms with E-state index in [1.807, 2.05) is 29.6 Å². The first-order valence-electron chi connectivity index (χ1n) is 8.36. The molecule has 3 aromatic heterocycles. The Balaban J connectivity index is 1.75. The standard InChI is InChI=1S/C17H22N6O/c1-11-10-12(21-24-11)13-6-5-9-22(13)15-8-7-14-18-19-16(17(2,3)4)23(14)20-15/h7-8,10,13H,5-6,9H2,1-4H3. The molecule has 7 heteroatoms. The summed E-state index contributed by atoms with van der Waals surface area (Å²) in [4.78, 5) is 2.29. The van der Waals surface area contributed by atoms with Gasteiger partial charge in [0.05, 0.1) is 6.04 Å². The average molecular weight is 326 g/mol. The fourth-order valence-corrected chi connectivity index (χ4v) is 3.29. The Morgan fingerprint density at radius 1 is 1.21 bits per heavy atom. The summed E-state index contributed by atoms with van der Waals surface area (Å²) in [5.41, 5.74) is 1.64. The van der Waals surface area contributed by atoms with Crippen molar-refractivity contribution in [1.82, 2.24) is 25.0 Å². The van der Waals surface area contributed by atoms with Crippen LogP contribution in [-0.4, -0.2) is 31.5 Å². The Labute approximate surface area is 140 Å². The zero-order chi connectivity index (χ0) is 16.9. The molecule has 0 amide bonds. The third-order valence-corrected chi connectivity index (χ3v) is 4.45. The van der Waals surface area contributed by atoms with Crippen LogP contribution in [0.5, 0.6) is 0 Å². The molecule has 1 aliphatic heterocycles. The third kappa shape index (κ3) is 2.44. The fourth-order valence-electron chi connectivity index (χ4n) is 3.29. The number of aryl methyl sites for hydroxylation is 1. The molecule has 1 unspecified atom stereocenters. The summed E-state index contributed by atoms with van der Waals surface area (Å²) >= 11 is 0. The van der Waals surface area contributed by atoms with E-state index in [9.17, 15) is 0 Å². The number of hydrogen-bond donors (Lipinski definition) is 0. The molecule has 3 aromatic rings. The lowest BCUT2D eigenvalue weighted by Gasteiger charge is -2.24. The molecule has 0 radical (unpaired) electrons. The maximum absolute atomic E-state index is 5.26. The van der Waals surface area contributed by atoms with Gasteiger partial charge in [0.1, 0.15) is 17.3 Å². The van der Waals surface area contributed by atoms with Gasteiger partial charge < -0.3 is 9.42 Å². The zero-order valence-electron chi connectivity index (χ0n) is 14.5. The van der Waals surface area contributed by atoms with E-state index in [0.717, 1.165) is 48.1 Å². The quantitative estimate of drug-likeness (QED) is 0.720. The van der Waals surface area contributed by atoms with Gasteiger partial charge >= 0.3 is 0 Å². The lowest BCUT2D eigenvalue weighted by Crippen LogP contribution is -2.25. The number of nitrogens with zero attached hydrogens (tertiary/aromatic N) is 6. The number of aromatic nitrogens is 5. The number of hydrogen-bond acceptors (Lipinski definition) is 6. The van der Waals surface area contributed by atoms with Gasteiger partial charge in [-0.2, -0.15) is 4.52 Å². The first kappa shape index (κ1) is 15.1. The Kier molecular flexibility index (Phi) is 3.33. The summed E-state index contributed by atoms with van der Waals surface area (Å²) in [7, 11) is 0. The van der Waals surface area contributed by atoms with E-state index < -0.39 is 0 Å². The zero-order valence-corrected chi connectivity index (χ0v) is 14.5. The van der Waals surface area contributed by atoms with Gasteiger partial charge in [-0.05, 0) is 31.9 Å². The molecular formula is C17H22N6O. The summed E-state index contributed by atoms with van der Waals surface area (Å²) in [5.74, 6) is 2.64. The highest BCUT2D eigenvalue weighted by molar-refractivity contribution is 5.48. The molecule has 126 valence electrons. The lowest BCUT2D eigenvalue weighted by molar-refractivity contribution is 0.385. The molecule has 0 aromatic carbocycles. The van der Waals surface area contributed by atoms with E-state index in [-0.39, 0.29) is 11.5 Å². The Bertz CT molecular complexity index is 875. The van der Waals surface area contributed by atoms with Crippen molar-refractivity contribution in [2.24, 2.45) is 0 Å². The van der Waals surface area contributed by atoms with E-state index in [1.54, 1.807) is 0 Å². The van der Waals surface area contributed by atoms with Crippen LogP contribution in [0.15, 0.2) is 22.7 Å². The van der Waals surface area contributed by atoms with Crippen molar-refractivity contribution in [2.75, 3.05) is 11.4 Å². The molecule has 1 saturated heterocycles. The minimum Gasteiger partial charge on any atom is -0.361 e. The van der Waals surface area contributed by atoms with Crippen molar-refractivity contribution in [2.45, 2.75) is 52.0 Å². The van der Waals surface area contributed by atoms with Crippen LogP contribution in [0.4, 0.5) is 5.82 Å². The molecular weight excluding hydrogens is 304 g/mol. The maximum atomic E-state index is 5.26. The Morgan fingerprint density at radius 2 is 2.04 bits per heavy atom. The van der Waals surface area contributed by atoms with Gasteiger partial charge in [0, 0.05) is 18.0 Å². The maximum Gasteiger partial charge on any atom is 0.178 e. The van der Waals surface area contributed by atoms with E-state index in [4.69, 9.17) is 9.62 Å². The van der Waals surface area contributed by atoms with Crippen LogP contribution in [0.2, 0.25) is 0 Å². The SMILES string of the molecule is Cc1cc(C2CCCN2c2ccc3nnc(C(C)(C)C)n3n2)no1. The van der Waals surface area contributed by atoms with E-state index in [0.29, 0.717) is 0 Å². The van der Waals surface area contributed by atoms with Crippen LogP contribution >= 0.6 is 0 Å². The van der Waals surface area contributed by atoms with Crippen LogP contribution < -0.4 is 4.90 Å². The molecule has 0 N–H and O–H groups in total. The van der Waals surface area contributed by atoms with Gasteiger partial charge in [-0.25, -0.2) is 0 Å². The van der Waals surface area contributed by atoms with Crippen LogP contribution in [0.3, 0.4) is 0 Å². The molecule has 0 aliphatic carbocycles. The Morgan fingerprint density at radius 3 is 2.75 bits per heavy atom. The van der Waals surface area contributed by atoms with Crippen LogP contribution in [0, 0.1) is 6.92 Å². The monoisotopic (exact) mass is 326 g/mol. The molecule has 1 fully saturated rings. The van der Waals surface area contributed by atoms with Crippen LogP contribution in [0.25, 0.3) is 5.65 Å². The fraction of sp³-hybridized carbons (Fsp3) is 0.529. The summed E-state index contributed by atoms with van der Waals surface area (Å²) in [6.45, 7) is 9.24. The van der Waals surface area contributed by atoms with E-state index in [1.165, 1.54) is 0 Å². The molecule has 0 bridgehead atoms. The van der Waals surface area contributed by atoms with Crippen molar-refractivity contribution in [1.29, 1.82) is 0 Å². The second kappa shape index (κ2) is 5.29. The van der Waals surface area contributed by atoms with E-state index >= 15 is 0 Å². The molecule has 0 spiro atoms. The molecule has 1 aliphatic rings. The first-order valence-corrected chi connectivity index (χ1v) is 8.36. The predicted octanol–water partition coefficient (Wildman–Crippen LogP) is 3.06. The van der Waals surface area contributed by atoms with Crippen LogP contribution in [-0.2, 0) is 5.41 Å². The summed E-state index contributed by atoms with van der Waals surface area (Å²) < 4.78 is 7.12. The minimum absolute atomic E-state index is 0.112. The molecule has 7 nitrogen and oxygen atoms in total. The van der Waals surface area contributed by atoms with Gasteiger partial charge in [-0.1, -0.05) is 25.9 Å². The highest BCUT2D eigenvalue weighted by atomic mass is 16.5. The highest BCUT2D eigenvalue weighted by Crippen LogP contribution is 2.35. The summed E-state index contributed by atoms with van der Waals surface area (Å²) in [6.07, 6.45) is 2.17. The smallest absolute Gasteiger partial charge is 0.178 e. The van der Waals surface area contributed by atoms with Gasteiger partial charge in [0.15, 0.2) is 11.5 Å². The predicted molar refractivity (Wildman–Crippen MR) is 90.0 cm³/mol. The van der Waals surface area contributed by atoms with Gasteiger partial charge in [-0.3, -0.25) is 0 Å². The highest BCUT2D eigenvalue weighted by Gasteiger charge is 2.30. The largest absolute Gasteiger partial charge is 0.361 e. The lowest BCUT2D eigenvalue weighted by atomic mass is 9.96. The van der Waals surface area contributed by atoms with Crippen LogP contribution in [0.1, 0.15) is 56.9 Å². The summed E-state index contributed by atoms with van der Waals surface area (Å²) in [6, 6.07) is 6.22. The summed E-state index contributed by atoms with van der Waals surface area (Å²) in [5, 5.41) is 17.6. The van der Waals surface area contributed by atoms with Gasteiger partial charge in [0.25, 0.3) is 0 Å². The number of rotatable bonds is 2. The molecule has 1 atom stereocenters. The third-order valence-electron chi connectivity index (χ3n) is 4.45. The van der Waals surface area contributed by atoms with Crippen molar-refractivity contribution >= 4 is 11.5 Å². The Hall–Kier alpha value is -2.44. The van der Waals surface area contributed by atoms with Crippen molar-refractivity contribution in [3.05, 3.63) is 35.5 Å². The van der Waals surface area contributed by atoms with Crippen molar-refractivity contribution < 1.29 is 4.52 Å². The normalized spacial score (nSPS) is 18.7.